The number of piperidine rings is 1. The number of carbonyl (C=O) groups is 3. The van der Waals surface area contributed by atoms with Crippen LogP contribution < -0.4 is 9.64 Å². The van der Waals surface area contributed by atoms with E-state index in [4.69, 9.17) is 14.2 Å². The average Bonchev–Trinajstić information content (AvgIpc) is 2.86. The van der Waals surface area contributed by atoms with Crippen LogP contribution in [0.5, 0.6) is 5.75 Å². The van der Waals surface area contributed by atoms with Crippen molar-refractivity contribution in [3.8, 4) is 5.75 Å². The summed E-state index contributed by atoms with van der Waals surface area (Å²) < 4.78 is 17.3. The summed E-state index contributed by atoms with van der Waals surface area (Å²) >= 11 is 0. The third kappa shape index (κ3) is 6.56. The minimum absolute atomic E-state index is 0.0818. The van der Waals surface area contributed by atoms with Crippen LogP contribution in [-0.4, -0.2) is 83.8 Å². The van der Waals surface area contributed by atoms with Gasteiger partial charge in [0, 0.05) is 44.5 Å². The van der Waals surface area contributed by atoms with Crippen molar-refractivity contribution >= 4 is 23.6 Å². The molecule has 0 bridgehead atoms. The Balaban J connectivity index is 1.63. The summed E-state index contributed by atoms with van der Waals surface area (Å²) in [6.45, 7) is 18.1. The zero-order chi connectivity index (χ0) is 29.4. The molecule has 3 aliphatic rings. The van der Waals surface area contributed by atoms with Crippen molar-refractivity contribution in [2.75, 3.05) is 37.7 Å². The number of aryl methyl sites for hydroxylation is 1. The highest BCUT2D eigenvalue weighted by Crippen LogP contribution is 2.41. The van der Waals surface area contributed by atoms with Crippen molar-refractivity contribution in [1.29, 1.82) is 0 Å². The molecule has 3 heterocycles. The molecular formula is C31H47N3O6. The summed E-state index contributed by atoms with van der Waals surface area (Å²) in [6.07, 6.45) is 3.04. The Hall–Kier alpha value is -2.81. The van der Waals surface area contributed by atoms with Crippen LogP contribution in [0.15, 0.2) is 12.1 Å². The Morgan fingerprint density at radius 1 is 1.15 bits per heavy atom. The van der Waals surface area contributed by atoms with Gasteiger partial charge in [-0.2, -0.15) is 0 Å². The molecule has 40 heavy (non-hydrogen) atoms. The number of hydrogen-bond acceptors (Lipinski definition) is 6. The lowest BCUT2D eigenvalue weighted by Crippen LogP contribution is -2.55. The molecule has 3 amide bonds. The number of hydrogen-bond donors (Lipinski definition) is 0. The Kier molecular flexibility index (Phi) is 8.74. The first kappa shape index (κ1) is 30.2. The van der Waals surface area contributed by atoms with E-state index in [2.05, 4.69) is 0 Å². The maximum Gasteiger partial charge on any atom is 0.410 e. The summed E-state index contributed by atoms with van der Waals surface area (Å²) in [4.78, 5) is 46.0. The van der Waals surface area contributed by atoms with E-state index in [0.717, 1.165) is 31.2 Å². The molecule has 1 aromatic rings. The quantitative estimate of drug-likeness (QED) is 0.496. The fourth-order valence-corrected chi connectivity index (χ4v) is 5.95. The standard InChI is InChI=1S/C31H47N3O6/c1-20(2)34(23-10-9-13-32(19-23)29(37)40-30(4,5)6)27(35)24-17-25-26(16-21(24)3)39-31(7,8)28(36)33(25)18-22-11-14-38-15-12-22/h16-17,20,22-23H,9-15,18-19H2,1-8H3/t23-/m1/s1. The number of likely N-dealkylation sites (tertiary alicyclic amines) is 1. The second-order valence-corrected chi connectivity index (χ2v) is 13.2. The zero-order valence-electron chi connectivity index (χ0n) is 25.5. The molecule has 9 heteroatoms. The number of nitrogens with zero attached hydrogens (tertiary/aromatic N) is 3. The molecule has 0 unspecified atom stereocenters. The number of amides is 3. The molecular weight excluding hydrogens is 510 g/mol. The second kappa shape index (κ2) is 11.6. The molecule has 9 nitrogen and oxygen atoms in total. The predicted molar refractivity (Wildman–Crippen MR) is 154 cm³/mol. The van der Waals surface area contributed by atoms with E-state index in [-0.39, 0.29) is 30.0 Å². The van der Waals surface area contributed by atoms with Gasteiger partial charge in [-0.15, -0.1) is 0 Å². The number of benzene rings is 1. The molecule has 1 aromatic carbocycles. The molecule has 1 atom stereocenters. The summed E-state index contributed by atoms with van der Waals surface area (Å²) in [5, 5.41) is 0. The fraction of sp³-hybridized carbons (Fsp3) is 0.710. The van der Waals surface area contributed by atoms with Crippen LogP contribution in [-0.2, 0) is 14.3 Å². The van der Waals surface area contributed by atoms with E-state index in [0.29, 0.717) is 55.8 Å². The van der Waals surface area contributed by atoms with Crippen LogP contribution in [0, 0.1) is 12.8 Å². The first-order valence-electron chi connectivity index (χ1n) is 14.7. The van der Waals surface area contributed by atoms with Gasteiger partial charge in [0.25, 0.3) is 11.8 Å². The summed E-state index contributed by atoms with van der Waals surface area (Å²) in [6, 6.07) is 3.50. The molecule has 0 N–H and O–H groups in total. The van der Waals surface area contributed by atoms with Crippen LogP contribution in [0.2, 0.25) is 0 Å². The van der Waals surface area contributed by atoms with Gasteiger partial charge in [-0.1, -0.05) is 0 Å². The number of rotatable bonds is 5. The van der Waals surface area contributed by atoms with Gasteiger partial charge in [-0.25, -0.2) is 4.79 Å². The Morgan fingerprint density at radius 2 is 1.82 bits per heavy atom. The van der Waals surface area contributed by atoms with Crippen LogP contribution in [0.4, 0.5) is 10.5 Å². The average molecular weight is 558 g/mol. The highest BCUT2D eigenvalue weighted by Gasteiger charge is 2.43. The first-order chi connectivity index (χ1) is 18.7. The molecule has 0 saturated carbocycles. The first-order valence-corrected chi connectivity index (χ1v) is 14.7. The van der Waals surface area contributed by atoms with E-state index in [9.17, 15) is 14.4 Å². The van der Waals surface area contributed by atoms with Crippen LogP contribution in [0.25, 0.3) is 0 Å². The molecule has 222 valence electrons. The van der Waals surface area contributed by atoms with Gasteiger partial charge >= 0.3 is 6.09 Å². The third-order valence-electron chi connectivity index (χ3n) is 7.97. The maximum absolute atomic E-state index is 14.2. The van der Waals surface area contributed by atoms with Crippen molar-refractivity contribution in [2.24, 2.45) is 5.92 Å². The van der Waals surface area contributed by atoms with Crippen LogP contribution in [0.1, 0.15) is 90.1 Å². The van der Waals surface area contributed by atoms with Gasteiger partial charge in [0.15, 0.2) is 5.60 Å². The molecule has 4 rings (SSSR count). The van der Waals surface area contributed by atoms with E-state index in [1.165, 1.54) is 0 Å². The Morgan fingerprint density at radius 3 is 2.45 bits per heavy atom. The zero-order valence-corrected chi connectivity index (χ0v) is 25.5. The van der Waals surface area contributed by atoms with Crippen LogP contribution in [0.3, 0.4) is 0 Å². The van der Waals surface area contributed by atoms with Gasteiger partial charge in [0.05, 0.1) is 11.7 Å². The molecule has 0 aliphatic carbocycles. The van der Waals surface area contributed by atoms with E-state index >= 15 is 0 Å². The predicted octanol–water partition coefficient (Wildman–Crippen LogP) is 5.18. The lowest BCUT2D eigenvalue weighted by atomic mass is 9.94. The molecule has 2 fully saturated rings. The largest absolute Gasteiger partial charge is 0.476 e. The molecule has 2 saturated heterocycles. The lowest BCUT2D eigenvalue weighted by molar-refractivity contribution is -0.133. The third-order valence-corrected chi connectivity index (χ3v) is 7.97. The molecule has 3 aliphatic heterocycles. The molecule has 0 aromatic heterocycles. The van der Waals surface area contributed by atoms with Crippen molar-refractivity contribution in [1.82, 2.24) is 9.80 Å². The van der Waals surface area contributed by atoms with Crippen LogP contribution >= 0.6 is 0 Å². The van der Waals surface area contributed by atoms with Gasteiger partial charge in [-0.05, 0) is 105 Å². The Labute approximate surface area is 239 Å². The molecule has 0 radical (unpaired) electrons. The number of fused-ring (bicyclic) bond motifs is 1. The van der Waals surface area contributed by atoms with Gasteiger partial charge < -0.3 is 28.9 Å². The fourth-order valence-electron chi connectivity index (χ4n) is 5.95. The summed E-state index contributed by atoms with van der Waals surface area (Å²) in [5.41, 5.74) is 0.420. The highest BCUT2D eigenvalue weighted by atomic mass is 16.6. The summed E-state index contributed by atoms with van der Waals surface area (Å²) in [7, 11) is 0. The second-order valence-electron chi connectivity index (χ2n) is 13.2. The van der Waals surface area contributed by atoms with Crippen molar-refractivity contribution in [3.63, 3.8) is 0 Å². The van der Waals surface area contributed by atoms with Crippen molar-refractivity contribution in [3.05, 3.63) is 23.3 Å². The van der Waals surface area contributed by atoms with Crippen molar-refractivity contribution in [2.45, 2.75) is 104 Å². The van der Waals surface area contributed by atoms with E-state index in [1.54, 1.807) is 18.7 Å². The Bertz CT molecular complexity index is 1120. The number of carbonyl (C=O) groups excluding carboxylic acids is 3. The normalized spacial score (nSPS) is 21.6. The number of ether oxygens (including phenoxy) is 3. The van der Waals surface area contributed by atoms with Crippen molar-refractivity contribution < 1.29 is 28.6 Å². The lowest BCUT2D eigenvalue weighted by Gasteiger charge is -2.43. The van der Waals surface area contributed by atoms with E-state index in [1.807, 2.05) is 63.5 Å². The number of anilines is 1. The topological polar surface area (TPSA) is 88.6 Å². The maximum atomic E-state index is 14.2. The minimum atomic E-state index is -0.993. The minimum Gasteiger partial charge on any atom is -0.476 e. The SMILES string of the molecule is Cc1cc2c(cc1C(=O)N(C(C)C)[C@@H]1CCCN(C(=O)OC(C)(C)C)C1)N(CC1CCOCC1)C(=O)C(C)(C)O2. The van der Waals surface area contributed by atoms with Gasteiger partial charge in [-0.3, -0.25) is 9.59 Å². The summed E-state index contributed by atoms with van der Waals surface area (Å²) in [5.74, 6) is 0.744. The molecule has 0 spiro atoms. The smallest absolute Gasteiger partial charge is 0.410 e. The highest BCUT2D eigenvalue weighted by molar-refractivity contribution is 6.05. The van der Waals surface area contributed by atoms with E-state index < -0.39 is 11.2 Å². The van der Waals surface area contributed by atoms with Gasteiger partial charge in [0.1, 0.15) is 11.4 Å². The van der Waals surface area contributed by atoms with Gasteiger partial charge in [0.2, 0.25) is 0 Å². The monoisotopic (exact) mass is 557 g/mol.